The maximum atomic E-state index is 5.75. The number of aromatic nitrogens is 1. The van der Waals surface area contributed by atoms with Gasteiger partial charge in [0.05, 0.1) is 6.20 Å². The van der Waals surface area contributed by atoms with Crippen molar-refractivity contribution in [1.82, 2.24) is 4.98 Å². The highest BCUT2D eigenvalue weighted by Crippen LogP contribution is 2.09. The minimum absolute atomic E-state index is 0.310. The Kier molecular flexibility index (Phi) is 5.56. The van der Waals surface area contributed by atoms with Gasteiger partial charge in [-0.15, -0.1) is 0 Å². The van der Waals surface area contributed by atoms with E-state index in [-0.39, 0.29) is 0 Å². The van der Waals surface area contributed by atoms with E-state index in [1.807, 2.05) is 72.8 Å². The van der Waals surface area contributed by atoms with Gasteiger partial charge in [0.2, 0.25) is 0 Å². The predicted octanol–water partition coefficient (Wildman–Crippen LogP) is 4.08. The molecule has 0 bridgehead atoms. The first-order valence-electron chi connectivity index (χ1n) is 7.73. The van der Waals surface area contributed by atoms with Gasteiger partial charge in [-0.25, -0.2) is 0 Å². The Balaban J connectivity index is 1.68. The molecule has 0 amide bonds. The monoisotopic (exact) mass is 318 g/mol. The molecule has 0 unspecified atom stereocenters. The van der Waals surface area contributed by atoms with Gasteiger partial charge in [0.25, 0.3) is 0 Å². The number of hydrogen-bond acceptors (Lipinski definition) is 4. The number of rotatable bonds is 7. The zero-order valence-electron chi connectivity index (χ0n) is 13.2. The molecule has 0 N–H and O–H groups in total. The first kappa shape index (κ1) is 15.7. The van der Waals surface area contributed by atoms with Gasteiger partial charge in [-0.05, 0) is 17.7 Å². The van der Waals surface area contributed by atoms with Gasteiger partial charge in [0.1, 0.15) is 24.7 Å². The average Bonchev–Trinajstić information content (AvgIpc) is 2.67. The Bertz CT molecular complexity index is 759. The SMILES string of the molecule is c1ccc(CO/N=C(\COc2cccnc2)c2ccccc2)cc1. The molecule has 0 saturated carbocycles. The van der Waals surface area contributed by atoms with Crippen LogP contribution < -0.4 is 4.74 Å². The molecule has 0 aliphatic rings. The summed E-state index contributed by atoms with van der Waals surface area (Å²) in [4.78, 5) is 9.56. The third-order valence-corrected chi connectivity index (χ3v) is 3.37. The molecule has 0 radical (unpaired) electrons. The van der Waals surface area contributed by atoms with E-state index in [0.717, 1.165) is 16.8 Å². The molecule has 0 aliphatic heterocycles. The Hall–Kier alpha value is -3.14. The van der Waals surface area contributed by atoms with Crippen LogP contribution in [-0.4, -0.2) is 17.3 Å². The fourth-order valence-corrected chi connectivity index (χ4v) is 2.14. The summed E-state index contributed by atoms with van der Waals surface area (Å²) in [6.07, 6.45) is 3.38. The second-order valence-electron chi connectivity index (χ2n) is 5.14. The lowest BCUT2D eigenvalue weighted by Gasteiger charge is -2.09. The van der Waals surface area contributed by atoms with E-state index in [0.29, 0.717) is 19.0 Å². The van der Waals surface area contributed by atoms with Gasteiger partial charge in [-0.1, -0.05) is 65.8 Å². The number of oxime groups is 1. The van der Waals surface area contributed by atoms with Crippen LogP contribution in [0.4, 0.5) is 0 Å². The lowest BCUT2D eigenvalue weighted by atomic mass is 10.1. The maximum Gasteiger partial charge on any atom is 0.142 e. The standard InChI is InChI=1S/C20H18N2O2/c1-3-8-17(9-4-1)15-24-22-20(18-10-5-2-6-11-18)16-23-19-12-7-13-21-14-19/h1-14H,15-16H2/b22-20+. The normalized spacial score (nSPS) is 11.1. The summed E-state index contributed by atoms with van der Waals surface area (Å²) in [6, 6.07) is 23.5. The van der Waals surface area contributed by atoms with Crippen molar-refractivity contribution in [3.8, 4) is 5.75 Å². The highest BCUT2D eigenvalue weighted by molar-refractivity contribution is 6.01. The zero-order chi connectivity index (χ0) is 16.5. The Morgan fingerprint density at radius 2 is 1.62 bits per heavy atom. The molecule has 0 spiro atoms. The van der Waals surface area contributed by atoms with Gasteiger partial charge < -0.3 is 9.57 Å². The number of nitrogens with zero attached hydrogens (tertiary/aromatic N) is 2. The van der Waals surface area contributed by atoms with Crippen LogP contribution in [0.25, 0.3) is 0 Å². The molecule has 120 valence electrons. The molecular weight excluding hydrogens is 300 g/mol. The minimum Gasteiger partial charge on any atom is -0.486 e. The van der Waals surface area contributed by atoms with Crippen LogP contribution in [-0.2, 0) is 11.4 Å². The Morgan fingerprint density at radius 3 is 2.33 bits per heavy atom. The summed E-state index contributed by atoms with van der Waals surface area (Å²) >= 11 is 0. The minimum atomic E-state index is 0.310. The van der Waals surface area contributed by atoms with E-state index in [1.165, 1.54) is 0 Å². The summed E-state index contributed by atoms with van der Waals surface area (Å²) in [6.45, 7) is 0.731. The molecule has 2 aromatic carbocycles. The van der Waals surface area contributed by atoms with Crippen LogP contribution in [0.2, 0.25) is 0 Å². The molecule has 3 rings (SSSR count). The lowest BCUT2D eigenvalue weighted by molar-refractivity contribution is 0.129. The molecule has 0 fully saturated rings. The van der Waals surface area contributed by atoms with Gasteiger partial charge in [0.15, 0.2) is 0 Å². The first-order chi connectivity index (χ1) is 11.9. The molecule has 24 heavy (non-hydrogen) atoms. The summed E-state index contributed by atoms with van der Waals surface area (Å²) in [5.74, 6) is 0.698. The van der Waals surface area contributed by atoms with Crippen molar-refractivity contribution in [3.63, 3.8) is 0 Å². The van der Waals surface area contributed by atoms with E-state index in [4.69, 9.17) is 9.57 Å². The second-order valence-corrected chi connectivity index (χ2v) is 5.14. The van der Waals surface area contributed by atoms with Crippen molar-refractivity contribution in [3.05, 3.63) is 96.3 Å². The lowest BCUT2D eigenvalue weighted by Crippen LogP contribution is -2.13. The second kappa shape index (κ2) is 8.48. The summed E-state index contributed by atoms with van der Waals surface area (Å²) < 4.78 is 5.75. The van der Waals surface area contributed by atoms with Crippen LogP contribution in [0.15, 0.2) is 90.3 Å². The van der Waals surface area contributed by atoms with Crippen molar-refractivity contribution in [2.24, 2.45) is 5.16 Å². The van der Waals surface area contributed by atoms with E-state index < -0.39 is 0 Å². The molecule has 3 aromatic rings. The van der Waals surface area contributed by atoms with Gasteiger partial charge in [0, 0.05) is 11.8 Å². The van der Waals surface area contributed by atoms with Crippen LogP contribution in [0.3, 0.4) is 0 Å². The van der Waals surface area contributed by atoms with Crippen molar-refractivity contribution in [2.75, 3.05) is 6.61 Å². The Morgan fingerprint density at radius 1 is 0.875 bits per heavy atom. The van der Waals surface area contributed by atoms with Crippen molar-refractivity contribution in [2.45, 2.75) is 6.61 Å². The van der Waals surface area contributed by atoms with Crippen LogP contribution in [0, 0.1) is 0 Å². The molecule has 0 aliphatic carbocycles. The zero-order valence-corrected chi connectivity index (χ0v) is 13.2. The molecular formula is C20H18N2O2. The van der Waals surface area contributed by atoms with E-state index in [1.54, 1.807) is 12.4 Å². The molecule has 1 aromatic heterocycles. The maximum absolute atomic E-state index is 5.75. The largest absolute Gasteiger partial charge is 0.486 e. The molecule has 4 nitrogen and oxygen atoms in total. The van der Waals surface area contributed by atoms with Crippen LogP contribution >= 0.6 is 0 Å². The third kappa shape index (κ3) is 4.68. The number of benzene rings is 2. The van der Waals surface area contributed by atoms with Crippen molar-refractivity contribution >= 4 is 5.71 Å². The number of hydrogen-bond donors (Lipinski definition) is 0. The highest BCUT2D eigenvalue weighted by atomic mass is 16.6. The quantitative estimate of drug-likeness (QED) is 0.487. The van der Waals surface area contributed by atoms with Crippen molar-refractivity contribution < 1.29 is 9.57 Å². The van der Waals surface area contributed by atoms with Crippen LogP contribution in [0.5, 0.6) is 5.75 Å². The Labute approximate surface area is 141 Å². The van der Waals surface area contributed by atoms with E-state index >= 15 is 0 Å². The summed E-state index contributed by atoms with van der Waals surface area (Å²) in [5, 5.41) is 4.28. The summed E-state index contributed by atoms with van der Waals surface area (Å²) in [5.41, 5.74) is 2.77. The van der Waals surface area contributed by atoms with Crippen LogP contribution in [0.1, 0.15) is 11.1 Å². The highest BCUT2D eigenvalue weighted by Gasteiger charge is 2.06. The molecule has 0 atom stereocenters. The van der Waals surface area contributed by atoms with Gasteiger partial charge >= 0.3 is 0 Å². The molecule has 0 saturated heterocycles. The molecule has 1 heterocycles. The van der Waals surface area contributed by atoms with Gasteiger partial charge in [-0.3, -0.25) is 4.98 Å². The van der Waals surface area contributed by atoms with Crippen molar-refractivity contribution in [1.29, 1.82) is 0 Å². The first-order valence-corrected chi connectivity index (χ1v) is 7.73. The topological polar surface area (TPSA) is 43.7 Å². The molecule has 4 heteroatoms. The average molecular weight is 318 g/mol. The predicted molar refractivity (Wildman–Crippen MR) is 93.9 cm³/mol. The van der Waals surface area contributed by atoms with E-state index in [2.05, 4.69) is 10.1 Å². The number of pyridine rings is 1. The van der Waals surface area contributed by atoms with Gasteiger partial charge in [-0.2, -0.15) is 0 Å². The summed E-state index contributed by atoms with van der Waals surface area (Å²) in [7, 11) is 0. The third-order valence-electron chi connectivity index (χ3n) is 3.37. The number of ether oxygens (including phenoxy) is 1. The smallest absolute Gasteiger partial charge is 0.142 e. The fourth-order valence-electron chi connectivity index (χ4n) is 2.14. The fraction of sp³-hybridized carbons (Fsp3) is 0.100. The van der Waals surface area contributed by atoms with E-state index in [9.17, 15) is 0 Å².